The number of rotatable bonds is 6. The highest BCUT2D eigenvalue weighted by Gasteiger charge is 2.34. The van der Waals surface area contributed by atoms with Crippen molar-refractivity contribution in [3.05, 3.63) is 204 Å². The topological polar surface area (TPSA) is 3.24 Å². The molecule has 0 aromatic heterocycles. The van der Waals surface area contributed by atoms with Crippen molar-refractivity contribution in [1.82, 2.24) is 0 Å². The van der Waals surface area contributed by atoms with Crippen LogP contribution in [-0.4, -0.2) is 0 Å². The van der Waals surface area contributed by atoms with E-state index < -0.39 is 0 Å². The molecule has 3 aliphatic carbocycles. The van der Waals surface area contributed by atoms with E-state index in [9.17, 15) is 0 Å². The molecule has 3 aliphatic rings. The molecule has 0 saturated heterocycles. The lowest BCUT2D eigenvalue weighted by Crippen LogP contribution is -2.14. The van der Waals surface area contributed by atoms with Crippen molar-refractivity contribution in [1.29, 1.82) is 0 Å². The summed E-state index contributed by atoms with van der Waals surface area (Å²) in [5, 5.41) is 0. The van der Waals surface area contributed by atoms with E-state index >= 15 is 0 Å². The van der Waals surface area contributed by atoms with Gasteiger partial charge in [0.1, 0.15) is 0 Å². The summed E-state index contributed by atoms with van der Waals surface area (Å²) in [6.45, 7) is 4.00. The van der Waals surface area contributed by atoms with Gasteiger partial charge in [-0.3, -0.25) is 0 Å². The molecule has 0 spiro atoms. The molecule has 0 radical (unpaired) electrons. The molecule has 256 valence electrons. The average Bonchev–Trinajstić information content (AvgIpc) is 3.81. The van der Waals surface area contributed by atoms with Crippen LogP contribution in [0.4, 0.5) is 17.1 Å². The van der Waals surface area contributed by atoms with E-state index in [4.69, 9.17) is 0 Å². The van der Waals surface area contributed by atoms with Gasteiger partial charge in [0.25, 0.3) is 0 Å². The van der Waals surface area contributed by atoms with Gasteiger partial charge in [0.15, 0.2) is 0 Å². The Labute approximate surface area is 314 Å². The van der Waals surface area contributed by atoms with E-state index in [1.54, 1.807) is 5.57 Å². The first-order valence-electron chi connectivity index (χ1n) is 19.2. The molecule has 0 aliphatic heterocycles. The van der Waals surface area contributed by atoms with Crippen LogP contribution in [0.5, 0.6) is 0 Å². The second-order valence-corrected chi connectivity index (χ2v) is 14.0. The quantitative estimate of drug-likeness (QED) is 0.169. The Balaban J connectivity index is 0.00000183. The molecule has 0 atom stereocenters. The van der Waals surface area contributed by atoms with Crippen LogP contribution in [0.2, 0.25) is 0 Å². The lowest BCUT2D eigenvalue weighted by Gasteiger charge is -2.31. The Morgan fingerprint density at radius 2 is 1.02 bits per heavy atom. The van der Waals surface area contributed by atoms with Gasteiger partial charge < -0.3 is 4.90 Å². The standard InChI is InChI=1S/C50H37N.C2H6/c1-3-13-34(14-4-1)36-23-25-38(26-24-36)43-19-11-12-22-47(43)51(42-29-27-37(28-30-42)35-15-5-2-6-16-35)48-33-41-31-39-17-7-9-20-44(39)49(41)50-45-21-10-8-18-40(45)32-46(48)50;1-2/h1-6,8-16,18-30,33H,7,17,31-32H2;1-2H3. The Bertz CT molecular complexity index is 2480. The molecule has 0 fully saturated rings. The van der Waals surface area contributed by atoms with Gasteiger partial charge in [0, 0.05) is 17.7 Å². The number of fused-ring (bicyclic) bond motifs is 6. The van der Waals surface area contributed by atoms with Crippen LogP contribution in [0, 0.1) is 0 Å². The molecule has 0 saturated carbocycles. The Morgan fingerprint density at radius 1 is 0.453 bits per heavy atom. The van der Waals surface area contributed by atoms with Crippen LogP contribution < -0.4 is 4.90 Å². The molecular formula is C52H43N. The molecule has 0 N–H and O–H groups in total. The number of para-hydroxylation sites is 1. The minimum Gasteiger partial charge on any atom is -0.310 e. The van der Waals surface area contributed by atoms with Gasteiger partial charge in [0.2, 0.25) is 0 Å². The van der Waals surface area contributed by atoms with Gasteiger partial charge in [-0.05, 0) is 110 Å². The molecule has 1 heteroatoms. The molecule has 1 nitrogen and oxygen atoms in total. The molecule has 7 aromatic carbocycles. The predicted molar refractivity (Wildman–Crippen MR) is 226 cm³/mol. The summed E-state index contributed by atoms with van der Waals surface area (Å²) in [5.74, 6) is 0. The first-order chi connectivity index (χ1) is 26.3. The molecular weight excluding hydrogens is 639 g/mol. The van der Waals surface area contributed by atoms with Gasteiger partial charge in [-0.1, -0.05) is 171 Å². The summed E-state index contributed by atoms with van der Waals surface area (Å²) >= 11 is 0. The number of hydrogen-bond donors (Lipinski definition) is 0. The van der Waals surface area contributed by atoms with Gasteiger partial charge in [-0.25, -0.2) is 0 Å². The van der Waals surface area contributed by atoms with Gasteiger partial charge in [-0.2, -0.15) is 0 Å². The maximum atomic E-state index is 2.55. The SMILES string of the molecule is C1=CC2=C(CC1)Cc1cc(N(c3ccc(-c4ccccc4)cc3)c3ccccc3-c3ccc(-c4ccccc4)cc3)c3c(c12)-c1ccccc1C3.CC. The highest BCUT2D eigenvalue weighted by molar-refractivity contribution is 6.01. The van der Waals surface area contributed by atoms with E-state index in [0.717, 1.165) is 31.4 Å². The van der Waals surface area contributed by atoms with Crippen molar-refractivity contribution < 1.29 is 0 Å². The van der Waals surface area contributed by atoms with Crippen LogP contribution in [0.25, 0.3) is 50.1 Å². The fraction of sp³-hybridized carbons (Fsp3) is 0.115. The fourth-order valence-electron chi connectivity index (χ4n) is 8.61. The van der Waals surface area contributed by atoms with Crippen LogP contribution in [-0.2, 0) is 12.8 Å². The van der Waals surface area contributed by atoms with Gasteiger partial charge in [0.05, 0.1) is 11.4 Å². The lowest BCUT2D eigenvalue weighted by atomic mass is 9.90. The minimum atomic E-state index is 0.924. The number of hydrogen-bond acceptors (Lipinski definition) is 1. The third kappa shape index (κ3) is 5.83. The zero-order valence-electron chi connectivity index (χ0n) is 30.5. The highest BCUT2D eigenvalue weighted by Crippen LogP contribution is 2.54. The molecule has 0 heterocycles. The van der Waals surface area contributed by atoms with Crippen LogP contribution in [0.3, 0.4) is 0 Å². The lowest BCUT2D eigenvalue weighted by molar-refractivity contribution is 0.935. The number of anilines is 3. The summed E-state index contributed by atoms with van der Waals surface area (Å²) in [7, 11) is 0. The van der Waals surface area contributed by atoms with Crippen LogP contribution >= 0.6 is 0 Å². The maximum Gasteiger partial charge on any atom is 0.0540 e. The Morgan fingerprint density at radius 3 is 1.72 bits per heavy atom. The molecule has 0 unspecified atom stereocenters. The van der Waals surface area contributed by atoms with Crippen LogP contribution in [0.1, 0.15) is 48.9 Å². The van der Waals surface area contributed by atoms with Gasteiger partial charge in [-0.15, -0.1) is 0 Å². The highest BCUT2D eigenvalue weighted by atomic mass is 15.1. The van der Waals surface area contributed by atoms with E-state index in [1.807, 2.05) is 13.8 Å². The second-order valence-electron chi connectivity index (χ2n) is 14.0. The van der Waals surface area contributed by atoms with E-state index in [1.165, 1.54) is 83.7 Å². The van der Waals surface area contributed by atoms with Crippen molar-refractivity contribution in [3.63, 3.8) is 0 Å². The third-order valence-electron chi connectivity index (χ3n) is 11.0. The Kier molecular flexibility index (Phi) is 8.70. The molecule has 53 heavy (non-hydrogen) atoms. The smallest absolute Gasteiger partial charge is 0.0540 e. The number of allylic oxidation sites excluding steroid dienone is 4. The van der Waals surface area contributed by atoms with E-state index in [-0.39, 0.29) is 0 Å². The summed E-state index contributed by atoms with van der Waals surface area (Å²) in [4.78, 5) is 2.55. The molecule has 7 aromatic rings. The molecule has 0 bridgehead atoms. The maximum absolute atomic E-state index is 2.55. The van der Waals surface area contributed by atoms with E-state index in [0.29, 0.717) is 0 Å². The number of benzene rings is 7. The second kappa shape index (κ2) is 14.1. The van der Waals surface area contributed by atoms with Crippen LogP contribution in [0.15, 0.2) is 182 Å². The normalized spacial score (nSPS) is 13.4. The third-order valence-corrected chi connectivity index (χ3v) is 11.0. The molecule has 0 amide bonds. The fourth-order valence-corrected chi connectivity index (χ4v) is 8.61. The largest absolute Gasteiger partial charge is 0.310 e. The van der Waals surface area contributed by atoms with Crippen molar-refractivity contribution >= 4 is 22.6 Å². The summed E-state index contributed by atoms with van der Waals surface area (Å²) in [6, 6.07) is 60.2. The van der Waals surface area contributed by atoms with Crippen molar-refractivity contribution in [2.24, 2.45) is 0 Å². The minimum absolute atomic E-state index is 0.924. The number of nitrogens with zero attached hydrogens (tertiary/aromatic N) is 1. The average molecular weight is 682 g/mol. The summed E-state index contributed by atoms with van der Waals surface area (Å²) in [5.41, 5.74) is 22.6. The first-order valence-corrected chi connectivity index (χ1v) is 19.2. The summed E-state index contributed by atoms with van der Waals surface area (Å²) < 4.78 is 0. The van der Waals surface area contributed by atoms with Crippen molar-refractivity contribution in [3.8, 4) is 44.5 Å². The Hall–Kier alpha value is -6.18. The summed E-state index contributed by atoms with van der Waals surface area (Å²) in [6.07, 6.45) is 9.01. The molecule has 10 rings (SSSR count). The van der Waals surface area contributed by atoms with Crippen molar-refractivity contribution in [2.75, 3.05) is 4.90 Å². The van der Waals surface area contributed by atoms with Crippen molar-refractivity contribution in [2.45, 2.75) is 39.5 Å². The van der Waals surface area contributed by atoms with Gasteiger partial charge >= 0.3 is 0 Å². The zero-order valence-corrected chi connectivity index (χ0v) is 30.5. The predicted octanol–water partition coefficient (Wildman–Crippen LogP) is 14.4. The van der Waals surface area contributed by atoms with E-state index in [2.05, 4.69) is 181 Å². The zero-order chi connectivity index (χ0) is 35.7. The monoisotopic (exact) mass is 681 g/mol. The first kappa shape index (κ1) is 32.7.